The standard InChI is InChI=1S/C59H68F2N12O6S/c1-33(36-12-14-38(15-13-36)51-34(2)63-32-80-51)65-53(76)46-23-42(74)31-72(46)56(79)52(57(3,4)5)67-48(75)22-35-18-20-70(21-19-35)41-16-17-44(62-27-41)55(78)71-28-39(29-71)50(37-10-8-7-9-11-37)73-30-40(26-64-73)66-54(77)49-43-24-47-58(6,59(47,60)61)25-45(43)68-69-49/h7-17,26-27,30,32-33,35,39,42,46-47,50,52,74H,18-25,28-29,31H2,1-6H3,(H,65,76)(H,66,77)(H,67,75)(H,68,69)/t33?,42-,46+,47+,50?,52?,58-/m1/s1. The molecule has 3 aliphatic heterocycles. The Balaban J connectivity index is 0.652. The molecule has 3 unspecified atom stereocenters. The molecule has 420 valence electrons. The number of carbonyl (C=O) groups excluding carboxylic acids is 5. The van der Waals surface area contributed by atoms with E-state index in [4.69, 9.17) is 0 Å². The van der Waals surface area contributed by atoms with Crippen LogP contribution in [0.4, 0.5) is 20.2 Å². The number of hydrogen-bond donors (Lipinski definition) is 5. The highest BCUT2D eigenvalue weighted by Crippen LogP contribution is 2.70. The number of benzene rings is 2. The summed E-state index contributed by atoms with van der Waals surface area (Å²) in [6, 6.07) is 19.0. The van der Waals surface area contributed by atoms with Crippen molar-refractivity contribution in [3.63, 3.8) is 0 Å². The molecule has 80 heavy (non-hydrogen) atoms. The fourth-order valence-electron chi connectivity index (χ4n) is 12.5. The third-order valence-corrected chi connectivity index (χ3v) is 18.4. The number of thiazole rings is 1. The molecule has 6 aromatic rings. The zero-order valence-corrected chi connectivity index (χ0v) is 46.6. The zero-order valence-electron chi connectivity index (χ0n) is 45.8. The molecule has 5 N–H and O–H groups in total. The molecular weight excluding hydrogens is 1040 g/mol. The maximum absolute atomic E-state index is 14.6. The molecule has 4 aromatic heterocycles. The summed E-state index contributed by atoms with van der Waals surface area (Å²) in [5.41, 5.74) is 6.76. The van der Waals surface area contributed by atoms with E-state index in [0.29, 0.717) is 48.8 Å². The van der Waals surface area contributed by atoms with Crippen molar-refractivity contribution in [3.05, 3.63) is 130 Å². The van der Waals surface area contributed by atoms with Gasteiger partial charge in [-0.2, -0.15) is 10.2 Å². The number of β-amino-alcohol motifs (C(OH)–C–C–N with tert-alkyl or cyclic N) is 1. The molecule has 0 spiro atoms. The summed E-state index contributed by atoms with van der Waals surface area (Å²) in [5, 5.41) is 31.4. The third kappa shape index (κ3) is 10.5. The third-order valence-electron chi connectivity index (χ3n) is 17.4. The van der Waals surface area contributed by atoms with Gasteiger partial charge >= 0.3 is 0 Å². The van der Waals surface area contributed by atoms with Gasteiger partial charge in [0, 0.05) is 86.7 Å². The maximum Gasteiger partial charge on any atom is 0.276 e. The molecule has 0 radical (unpaired) electrons. The molecule has 0 bridgehead atoms. The van der Waals surface area contributed by atoms with Crippen LogP contribution in [-0.4, -0.2) is 131 Å². The molecule has 4 fully saturated rings. The second-order valence-electron chi connectivity index (χ2n) is 23.9. The van der Waals surface area contributed by atoms with Crippen molar-refractivity contribution in [1.82, 2.24) is 50.4 Å². The smallest absolute Gasteiger partial charge is 0.276 e. The van der Waals surface area contributed by atoms with Crippen molar-refractivity contribution in [2.45, 2.75) is 116 Å². The summed E-state index contributed by atoms with van der Waals surface area (Å²) in [7, 11) is 0. The van der Waals surface area contributed by atoms with E-state index in [1.54, 1.807) is 52.5 Å². The van der Waals surface area contributed by atoms with Crippen LogP contribution in [0.2, 0.25) is 0 Å². The average Bonchev–Trinajstić information content (AvgIpc) is 4.18. The van der Waals surface area contributed by atoms with Gasteiger partial charge in [-0.3, -0.25) is 33.8 Å². The molecule has 7 heterocycles. The Kier molecular flexibility index (Phi) is 14.5. The molecule has 7 atom stereocenters. The van der Waals surface area contributed by atoms with E-state index in [2.05, 4.69) is 46.1 Å². The first-order chi connectivity index (χ1) is 38.2. The lowest BCUT2D eigenvalue weighted by Crippen LogP contribution is -2.58. The van der Waals surface area contributed by atoms with E-state index >= 15 is 0 Å². The zero-order chi connectivity index (χ0) is 56.4. The number of aromatic amines is 1. The molecule has 5 amide bonds. The van der Waals surface area contributed by atoms with E-state index < -0.39 is 52.7 Å². The van der Waals surface area contributed by atoms with Crippen LogP contribution >= 0.6 is 11.3 Å². The minimum absolute atomic E-state index is 0.00532. The van der Waals surface area contributed by atoms with Crippen LogP contribution in [0.5, 0.6) is 0 Å². The van der Waals surface area contributed by atoms with Crippen molar-refractivity contribution >= 4 is 52.2 Å². The second kappa shape index (κ2) is 21.3. The molecule has 3 saturated heterocycles. The summed E-state index contributed by atoms with van der Waals surface area (Å²) in [5.74, 6) is -5.22. The fourth-order valence-corrected chi connectivity index (χ4v) is 13.3. The first kappa shape index (κ1) is 54.6. The van der Waals surface area contributed by atoms with E-state index in [9.17, 15) is 37.9 Å². The van der Waals surface area contributed by atoms with Gasteiger partial charge in [-0.25, -0.2) is 18.7 Å². The lowest BCUT2D eigenvalue weighted by atomic mass is 9.85. The molecule has 2 aliphatic carbocycles. The molecule has 2 aromatic carbocycles. The van der Waals surface area contributed by atoms with Crippen LogP contribution in [0.15, 0.2) is 90.8 Å². The highest BCUT2D eigenvalue weighted by molar-refractivity contribution is 7.13. The summed E-state index contributed by atoms with van der Waals surface area (Å²) < 4.78 is 30.9. The number of aliphatic hydroxyl groups excluding tert-OH is 1. The van der Waals surface area contributed by atoms with E-state index in [1.165, 1.54) is 4.90 Å². The number of rotatable bonds is 15. The summed E-state index contributed by atoms with van der Waals surface area (Å²) in [4.78, 5) is 84.6. The molecule has 18 nitrogen and oxygen atoms in total. The molecule has 1 saturated carbocycles. The van der Waals surface area contributed by atoms with E-state index in [0.717, 1.165) is 45.8 Å². The van der Waals surface area contributed by atoms with Crippen molar-refractivity contribution in [3.8, 4) is 10.4 Å². The number of aliphatic hydroxyl groups is 1. The number of carbonyl (C=O) groups is 5. The number of pyridine rings is 1. The molecule has 5 aliphatic rings. The number of nitrogens with one attached hydrogen (secondary N) is 4. The lowest BCUT2D eigenvalue weighted by Gasteiger charge is -2.43. The molecule has 11 rings (SSSR count). The number of H-pyrrole nitrogens is 1. The number of fused-ring (bicyclic) bond motifs is 2. The Morgan fingerprint density at radius 2 is 1.66 bits per heavy atom. The number of nitrogens with zero attached hydrogens (tertiary/aromatic N) is 8. The van der Waals surface area contributed by atoms with Crippen LogP contribution in [0.3, 0.4) is 0 Å². The highest BCUT2D eigenvalue weighted by Gasteiger charge is 2.78. The highest BCUT2D eigenvalue weighted by atomic mass is 32.1. The van der Waals surface area contributed by atoms with Crippen molar-refractivity contribution in [2.75, 3.05) is 42.9 Å². The van der Waals surface area contributed by atoms with Gasteiger partial charge in [-0.15, -0.1) is 11.3 Å². The Morgan fingerprint density at radius 1 is 0.925 bits per heavy atom. The first-order valence-electron chi connectivity index (χ1n) is 27.6. The average molecular weight is 1110 g/mol. The number of anilines is 2. The van der Waals surface area contributed by atoms with Crippen molar-refractivity contribution in [1.29, 1.82) is 0 Å². The SMILES string of the molecule is Cc1ncsc1-c1ccc(C(C)NC(=O)[C@@H]2C[C@@H](O)CN2C(=O)C(NC(=O)CC2CCN(c3ccc(C(=O)N4CC(C(c5ccccc5)n5cc(NC(=O)c6n[nH]c7c6C[C@@H]6C(F)(F)[C@]6(C)C7)cn5)C4)nc3)CC2)C(C)(C)C)cc1. The number of likely N-dealkylation sites (tertiary alicyclic amines) is 2. The van der Waals surface area contributed by atoms with Crippen LogP contribution in [0, 0.1) is 35.5 Å². The van der Waals surface area contributed by atoms with Crippen LogP contribution in [0.25, 0.3) is 10.4 Å². The predicted molar refractivity (Wildman–Crippen MR) is 297 cm³/mol. The van der Waals surface area contributed by atoms with Gasteiger partial charge in [0.25, 0.3) is 17.7 Å². The number of piperidine rings is 1. The number of halogens is 2. The number of amides is 5. The summed E-state index contributed by atoms with van der Waals surface area (Å²) in [6.45, 7) is 13.3. The number of aryl methyl sites for hydroxylation is 1. The Hall–Kier alpha value is -7.39. The second-order valence-corrected chi connectivity index (χ2v) is 24.8. The fraction of sp³-hybridized carbons (Fsp3) is 0.475. The normalized spacial score (nSPS) is 22.8. The minimum atomic E-state index is -2.77. The Labute approximate surface area is 467 Å². The lowest BCUT2D eigenvalue weighted by molar-refractivity contribution is -0.144. The number of aromatic nitrogens is 6. The van der Waals surface area contributed by atoms with Crippen LogP contribution in [-0.2, 0) is 27.2 Å². The Morgan fingerprint density at radius 3 is 2.34 bits per heavy atom. The van der Waals surface area contributed by atoms with Gasteiger partial charge in [-0.1, -0.05) is 82.3 Å². The van der Waals surface area contributed by atoms with Gasteiger partial charge in [0.1, 0.15) is 17.8 Å². The van der Waals surface area contributed by atoms with Crippen LogP contribution in [0.1, 0.15) is 121 Å². The van der Waals surface area contributed by atoms with Gasteiger partial charge in [0.15, 0.2) is 5.69 Å². The number of alkyl halides is 2. The monoisotopic (exact) mass is 1110 g/mol. The van der Waals surface area contributed by atoms with Gasteiger partial charge in [-0.05, 0) is 73.3 Å². The van der Waals surface area contributed by atoms with Crippen molar-refractivity contribution in [2.24, 2.45) is 28.6 Å². The van der Waals surface area contributed by atoms with E-state index in [1.807, 2.05) is 101 Å². The Bertz CT molecular complexity index is 3290. The summed E-state index contributed by atoms with van der Waals surface area (Å²) in [6.07, 6.45) is 6.13. The molecule has 21 heteroatoms. The van der Waals surface area contributed by atoms with Gasteiger partial charge < -0.3 is 35.8 Å². The molecular formula is C59H68F2N12O6S. The predicted octanol–water partition coefficient (Wildman–Crippen LogP) is 7.39. The van der Waals surface area contributed by atoms with Gasteiger partial charge in [0.2, 0.25) is 17.7 Å². The summed E-state index contributed by atoms with van der Waals surface area (Å²) >= 11 is 1.57. The van der Waals surface area contributed by atoms with E-state index in [-0.39, 0.29) is 79.6 Å². The largest absolute Gasteiger partial charge is 0.391 e. The van der Waals surface area contributed by atoms with Crippen LogP contribution < -0.4 is 20.9 Å². The first-order valence-corrected chi connectivity index (χ1v) is 28.5. The number of hydrogen-bond acceptors (Lipinski definition) is 12. The topological polar surface area (TPSA) is 224 Å². The maximum atomic E-state index is 14.6. The minimum Gasteiger partial charge on any atom is -0.391 e. The van der Waals surface area contributed by atoms with Gasteiger partial charge in [0.05, 0.1) is 58.0 Å². The quantitative estimate of drug-likeness (QED) is 0.0682. The van der Waals surface area contributed by atoms with Crippen molar-refractivity contribution < 1.29 is 37.9 Å².